The maximum absolute atomic E-state index is 12.6. The van der Waals surface area contributed by atoms with Crippen molar-refractivity contribution in [2.75, 3.05) is 30.8 Å². The van der Waals surface area contributed by atoms with Crippen molar-refractivity contribution < 1.29 is 19.1 Å². The molecule has 7 nitrogen and oxygen atoms in total. The Morgan fingerprint density at radius 2 is 1.81 bits per heavy atom. The molecular weight excluding hydrogens is 366 g/mol. The molecular formula is C19H21N3O4S. The van der Waals surface area contributed by atoms with Crippen LogP contribution in [-0.4, -0.2) is 43.0 Å². The number of carbonyl (C=O) groups excluding carboxylic acids is 3. The number of carbonyl (C=O) groups is 3. The zero-order valence-electron chi connectivity index (χ0n) is 14.9. The van der Waals surface area contributed by atoms with Gasteiger partial charge in [0.25, 0.3) is 0 Å². The molecule has 0 unspecified atom stereocenters. The van der Waals surface area contributed by atoms with Crippen molar-refractivity contribution in [2.24, 2.45) is 5.92 Å². The van der Waals surface area contributed by atoms with Crippen LogP contribution in [0.2, 0.25) is 0 Å². The Morgan fingerprint density at radius 3 is 2.48 bits per heavy atom. The number of thiophene rings is 1. The van der Waals surface area contributed by atoms with Crippen LogP contribution < -0.4 is 10.6 Å². The summed E-state index contributed by atoms with van der Waals surface area (Å²) in [6.07, 6.45) is 1.15. The first kappa shape index (κ1) is 18.9. The van der Waals surface area contributed by atoms with Gasteiger partial charge in [0, 0.05) is 19.0 Å². The van der Waals surface area contributed by atoms with Crippen LogP contribution in [0.15, 0.2) is 41.8 Å². The molecule has 27 heavy (non-hydrogen) atoms. The van der Waals surface area contributed by atoms with E-state index in [2.05, 4.69) is 10.6 Å². The van der Waals surface area contributed by atoms with Crippen molar-refractivity contribution in [2.45, 2.75) is 12.8 Å². The molecule has 2 N–H and O–H groups in total. The lowest BCUT2D eigenvalue weighted by Crippen LogP contribution is -2.43. The lowest BCUT2D eigenvalue weighted by atomic mass is 9.96. The quantitative estimate of drug-likeness (QED) is 0.787. The van der Waals surface area contributed by atoms with Gasteiger partial charge in [-0.2, -0.15) is 0 Å². The zero-order chi connectivity index (χ0) is 19.2. The first-order valence-corrected chi connectivity index (χ1v) is 9.54. The number of methoxy groups -OCH3 is 1. The van der Waals surface area contributed by atoms with E-state index in [0.29, 0.717) is 37.2 Å². The molecule has 2 aromatic rings. The second kappa shape index (κ2) is 8.68. The Morgan fingerprint density at radius 1 is 1.07 bits per heavy atom. The van der Waals surface area contributed by atoms with Crippen molar-refractivity contribution in [1.29, 1.82) is 0 Å². The Kier molecular flexibility index (Phi) is 6.08. The van der Waals surface area contributed by atoms with Crippen LogP contribution >= 0.6 is 11.3 Å². The number of nitrogens with one attached hydrogen (secondary N) is 2. The predicted octanol–water partition coefficient (Wildman–Crippen LogP) is 3.42. The maximum atomic E-state index is 12.6. The third-order valence-electron chi connectivity index (χ3n) is 4.49. The number of piperidine rings is 1. The van der Waals surface area contributed by atoms with Gasteiger partial charge in [-0.1, -0.05) is 12.1 Å². The van der Waals surface area contributed by atoms with Gasteiger partial charge in [0.05, 0.1) is 23.4 Å². The van der Waals surface area contributed by atoms with E-state index in [-0.39, 0.29) is 17.9 Å². The average Bonchev–Trinajstić information content (AvgIpc) is 3.21. The van der Waals surface area contributed by atoms with Gasteiger partial charge in [-0.25, -0.2) is 9.59 Å². The molecule has 0 saturated carbocycles. The number of likely N-dealkylation sites (tertiary alicyclic amines) is 1. The first-order valence-electron chi connectivity index (χ1n) is 8.66. The molecule has 0 bridgehead atoms. The minimum Gasteiger partial charge on any atom is -0.465 e. The van der Waals surface area contributed by atoms with Gasteiger partial charge in [-0.05, 0) is 42.5 Å². The number of para-hydroxylation sites is 1. The molecule has 0 atom stereocenters. The van der Waals surface area contributed by atoms with Crippen molar-refractivity contribution in [3.8, 4) is 0 Å². The number of hydrogen-bond donors (Lipinski definition) is 2. The third-order valence-corrected chi connectivity index (χ3v) is 5.28. The summed E-state index contributed by atoms with van der Waals surface area (Å²) in [7, 11) is 1.30. The monoisotopic (exact) mass is 387 g/mol. The number of anilines is 2. The van der Waals surface area contributed by atoms with E-state index in [0.717, 1.165) is 5.00 Å². The van der Waals surface area contributed by atoms with Crippen LogP contribution in [0.1, 0.15) is 23.2 Å². The van der Waals surface area contributed by atoms with Gasteiger partial charge >= 0.3 is 12.0 Å². The molecule has 0 spiro atoms. The molecule has 3 rings (SSSR count). The summed E-state index contributed by atoms with van der Waals surface area (Å²) in [4.78, 5) is 38.4. The lowest BCUT2D eigenvalue weighted by Gasteiger charge is -2.31. The van der Waals surface area contributed by atoms with E-state index in [4.69, 9.17) is 4.74 Å². The Labute approximate surface area is 161 Å². The largest absolute Gasteiger partial charge is 0.465 e. The molecule has 1 aliphatic heterocycles. The van der Waals surface area contributed by atoms with Crippen molar-refractivity contribution >= 4 is 39.9 Å². The number of rotatable bonds is 4. The highest BCUT2D eigenvalue weighted by Gasteiger charge is 2.28. The fraction of sp³-hybridized carbons (Fsp3) is 0.316. The minimum atomic E-state index is -0.494. The fourth-order valence-electron chi connectivity index (χ4n) is 2.99. The van der Waals surface area contributed by atoms with E-state index >= 15 is 0 Å². The molecule has 1 aliphatic rings. The van der Waals surface area contributed by atoms with Gasteiger partial charge in [0.2, 0.25) is 5.91 Å². The minimum absolute atomic E-state index is 0.146. The standard InChI is InChI=1S/C19H21N3O4S/c1-26-18(24)14-5-2-3-6-15(14)20-17(23)13-8-10-22(11-9-13)19(25)21-16-7-4-12-27-16/h2-7,12-13H,8-11H2,1H3,(H,20,23)(H,21,25). The summed E-state index contributed by atoms with van der Waals surface area (Å²) in [6.45, 7) is 1.02. The van der Waals surface area contributed by atoms with Crippen LogP contribution in [-0.2, 0) is 9.53 Å². The maximum Gasteiger partial charge on any atom is 0.339 e. The highest BCUT2D eigenvalue weighted by Crippen LogP contribution is 2.23. The van der Waals surface area contributed by atoms with Crippen LogP contribution in [0.4, 0.5) is 15.5 Å². The number of esters is 1. The van der Waals surface area contributed by atoms with Crippen LogP contribution in [0.3, 0.4) is 0 Å². The van der Waals surface area contributed by atoms with Gasteiger partial charge in [-0.15, -0.1) is 11.3 Å². The number of hydrogen-bond acceptors (Lipinski definition) is 5. The average molecular weight is 387 g/mol. The lowest BCUT2D eigenvalue weighted by molar-refractivity contribution is -0.121. The van der Waals surface area contributed by atoms with Crippen molar-refractivity contribution in [1.82, 2.24) is 4.90 Å². The van der Waals surface area contributed by atoms with Crippen molar-refractivity contribution in [3.63, 3.8) is 0 Å². The Bertz CT molecular complexity index is 814. The van der Waals surface area contributed by atoms with E-state index < -0.39 is 5.97 Å². The van der Waals surface area contributed by atoms with E-state index in [9.17, 15) is 14.4 Å². The van der Waals surface area contributed by atoms with Gasteiger partial charge in [-0.3, -0.25) is 10.1 Å². The van der Waals surface area contributed by atoms with Crippen LogP contribution in [0, 0.1) is 5.92 Å². The molecule has 2 heterocycles. The summed E-state index contributed by atoms with van der Waals surface area (Å²) in [6, 6.07) is 10.3. The highest BCUT2D eigenvalue weighted by atomic mass is 32.1. The fourth-order valence-corrected chi connectivity index (χ4v) is 3.60. The molecule has 142 valence electrons. The van der Waals surface area contributed by atoms with E-state index in [1.54, 1.807) is 29.2 Å². The number of nitrogens with zero attached hydrogens (tertiary/aromatic N) is 1. The number of benzene rings is 1. The Balaban J connectivity index is 1.55. The topological polar surface area (TPSA) is 87.7 Å². The summed E-state index contributed by atoms with van der Waals surface area (Å²) in [5.41, 5.74) is 0.758. The molecule has 1 aromatic carbocycles. The third kappa shape index (κ3) is 4.65. The van der Waals surface area contributed by atoms with Gasteiger partial charge in [0.15, 0.2) is 0 Å². The molecule has 1 saturated heterocycles. The van der Waals surface area contributed by atoms with Crippen LogP contribution in [0.5, 0.6) is 0 Å². The summed E-state index contributed by atoms with van der Waals surface area (Å²) < 4.78 is 4.75. The van der Waals surface area contributed by atoms with Crippen LogP contribution in [0.25, 0.3) is 0 Å². The van der Waals surface area contributed by atoms with Crippen molar-refractivity contribution in [3.05, 3.63) is 47.3 Å². The SMILES string of the molecule is COC(=O)c1ccccc1NC(=O)C1CCN(C(=O)Nc2cccs2)CC1. The smallest absolute Gasteiger partial charge is 0.339 e. The summed E-state index contributed by atoms with van der Waals surface area (Å²) >= 11 is 1.47. The number of urea groups is 1. The second-order valence-corrected chi connectivity index (χ2v) is 7.14. The number of amides is 3. The molecule has 0 radical (unpaired) electrons. The molecule has 1 fully saturated rings. The molecule has 3 amide bonds. The predicted molar refractivity (Wildman–Crippen MR) is 104 cm³/mol. The first-order chi connectivity index (χ1) is 13.1. The second-order valence-electron chi connectivity index (χ2n) is 6.20. The highest BCUT2D eigenvalue weighted by molar-refractivity contribution is 7.14. The summed E-state index contributed by atoms with van der Waals surface area (Å²) in [5.74, 6) is -0.850. The van der Waals surface area contributed by atoms with E-state index in [1.165, 1.54) is 18.4 Å². The summed E-state index contributed by atoms with van der Waals surface area (Å²) in [5, 5.41) is 8.38. The number of ether oxygens (including phenoxy) is 1. The van der Waals surface area contributed by atoms with Gasteiger partial charge < -0.3 is 15.0 Å². The zero-order valence-corrected chi connectivity index (χ0v) is 15.8. The van der Waals surface area contributed by atoms with Gasteiger partial charge in [0.1, 0.15) is 0 Å². The Hall–Kier alpha value is -2.87. The molecule has 8 heteroatoms. The van der Waals surface area contributed by atoms with E-state index in [1.807, 2.05) is 17.5 Å². The molecule has 0 aliphatic carbocycles. The normalized spacial score (nSPS) is 14.5. The molecule has 1 aromatic heterocycles.